The number of hydrogen-bond acceptors (Lipinski definition) is 3. The predicted octanol–water partition coefficient (Wildman–Crippen LogP) is 2.52. The highest BCUT2D eigenvalue weighted by Gasteiger charge is 2.34. The third-order valence-corrected chi connectivity index (χ3v) is 2.44. The first-order valence-electron chi connectivity index (χ1n) is 6.00. The third kappa shape index (κ3) is 4.55. The van der Waals surface area contributed by atoms with Crippen molar-refractivity contribution in [3.05, 3.63) is 29.3 Å². The van der Waals surface area contributed by atoms with E-state index in [4.69, 9.17) is 5.26 Å². The largest absolute Gasteiger partial charge is 0.418 e. The molecule has 0 unspecified atom stereocenters. The van der Waals surface area contributed by atoms with Gasteiger partial charge in [-0.3, -0.25) is 4.79 Å². The Morgan fingerprint density at radius 1 is 1.40 bits per heavy atom. The summed E-state index contributed by atoms with van der Waals surface area (Å²) in [5, 5.41) is 13.6. The lowest BCUT2D eigenvalue weighted by atomic mass is 10.1. The van der Waals surface area contributed by atoms with Gasteiger partial charge in [0, 0.05) is 0 Å². The third-order valence-electron chi connectivity index (χ3n) is 2.44. The molecule has 1 aromatic rings. The van der Waals surface area contributed by atoms with E-state index in [2.05, 4.69) is 10.6 Å². The lowest BCUT2D eigenvalue weighted by molar-refractivity contribution is -0.137. The molecule has 0 spiro atoms. The normalized spacial score (nSPS) is 10.9. The SMILES string of the molecule is CCCNCC(=O)Nc1ccc(C#N)cc1C(F)(F)F. The van der Waals surface area contributed by atoms with Gasteiger partial charge in [0.2, 0.25) is 5.91 Å². The smallest absolute Gasteiger partial charge is 0.324 e. The summed E-state index contributed by atoms with van der Waals surface area (Å²) in [6, 6.07) is 4.66. The monoisotopic (exact) mass is 285 g/mol. The molecule has 1 aromatic carbocycles. The molecule has 2 N–H and O–H groups in total. The zero-order valence-corrected chi connectivity index (χ0v) is 10.8. The maximum atomic E-state index is 12.8. The minimum Gasteiger partial charge on any atom is -0.324 e. The molecular weight excluding hydrogens is 271 g/mol. The van der Waals surface area contributed by atoms with E-state index in [0.717, 1.165) is 18.6 Å². The fourth-order valence-electron chi connectivity index (χ4n) is 1.53. The molecule has 0 heterocycles. The summed E-state index contributed by atoms with van der Waals surface area (Å²) in [6.45, 7) is 2.45. The molecule has 1 amide bonds. The molecule has 1 rings (SSSR count). The van der Waals surface area contributed by atoms with E-state index in [-0.39, 0.29) is 17.8 Å². The Bertz CT molecular complexity index is 521. The number of nitrogens with zero attached hydrogens (tertiary/aromatic N) is 1. The van der Waals surface area contributed by atoms with Crippen molar-refractivity contribution in [1.29, 1.82) is 5.26 Å². The Morgan fingerprint density at radius 2 is 2.10 bits per heavy atom. The van der Waals surface area contributed by atoms with Crippen LogP contribution in [0.5, 0.6) is 0 Å². The standard InChI is InChI=1S/C13H14F3N3O/c1-2-5-18-8-12(20)19-11-4-3-9(7-17)6-10(11)13(14,15)16/h3-4,6,18H,2,5,8H2,1H3,(H,19,20). The summed E-state index contributed by atoms with van der Waals surface area (Å²) in [4.78, 5) is 11.5. The Balaban J connectivity index is 2.89. The van der Waals surface area contributed by atoms with Crippen LogP contribution in [0.25, 0.3) is 0 Å². The van der Waals surface area contributed by atoms with Gasteiger partial charge in [0.05, 0.1) is 29.4 Å². The van der Waals surface area contributed by atoms with Gasteiger partial charge in [0.1, 0.15) is 0 Å². The van der Waals surface area contributed by atoms with Gasteiger partial charge >= 0.3 is 6.18 Å². The van der Waals surface area contributed by atoms with E-state index in [0.29, 0.717) is 6.54 Å². The highest BCUT2D eigenvalue weighted by molar-refractivity contribution is 5.93. The van der Waals surface area contributed by atoms with Gasteiger partial charge in [-0.25, -0.2) is 0 Å². The Hall–Kier alpha value is -2.07. The number of rotatable bonds is 5. The quantitative estimate of drug-likeness (QED) is 0.817. The number of halogens is 3. The van der Waals surface area contributed by atoms with Gasteiger partial charge in [0.25, 0.3) is 0 Å². The van der Waals surface area contributed by atoms with Crippen molar-refractivity contribution in [3.8, 4) is 6.07 Å². The van der Waals surface area contributed by atoms with Crippen LogP contribution in [-0.2, 0) is 11.0 Å². The molecule has 108 valence electrons. The van der Waals surface area contributed by atoms with Crippen LogP contribution in [-0.4, -0.2) is 19.0 Å². The molecule has 0 saturated heterocycles. The molecule has 0 aliphatic rings. The molecule has 0 aliphatic heterocycles. The second kappa shape index (κ2) is 6.91. The molecule has 4 nitrogen and oxygen atoms in total. The molecule has 20 heavy (non-hydrogen) atoms. The number of alkyl halides is 3. The molecule has 0 atom stereocenters. The molecular formula is C13H14F3N3O. The lowest BCUT2D eigenvalue weighted by Crippen LogP contribution is -2.29. The van der Waals surface area contributed by atoms with Crippen molar-refractivity contribution >= 4 is 11.6 Å². The number of nitriles is 1. The highest BCUT2D eigenvalue weighted by atomic mass is 19.4. The van der Waals surface area contributed by atoms with Crippen molar-refractivity contribution in [2.24, 2.45) is 0 Å². The minimum atomic E-state index is -4.63. The second-order valence-corrected chi connectivity index (χ2v) is 4.09. The van der Waals surface area contributed by atoms with Crippen LogP contribution in [0.2, 0.25) is 0 Å². The van der Waals surface area contributed by atoms with E-state index in [9.17, 15) is 18.0 Å². The molecule has 7 heteroatoms. The van der Waals surface area contributed by atoms with Gasteiger partial charge in [-0.1, -0.05) is 6.92 Å². The van der Waals surface area contributed by atoms with Crippen molar-refractivity contribution in [2.75, 3.05) is 18.4 Å². The first kappa shape index (κ1) is 16.0. The van der Waals surface area contributed by atoms with Crippen molar-refractivity contribution < 1.29 is 18.0 Å². The van der Waals surface area contributed by atoms with Crippen LogP contribution in [0.1, 0.15) is 24.5 Å². The van der Waals surface area contributed by atoms with E-state index in [1.165, 1.54) is 6.07 Å². The number of amides is 1. The number of benzene rings is 1. The van der Waals surface area contributed by atoms with Crippen LogP contribution in [0.15, 0.2) is 18.2 Å². The van der Waals surface area contributed by atoms with Crippen LogP contribution in [0.4, 0.5) is 18.9 Å². The van der Waals surface area contributed by atoms with E-state index in [1.807, 2.05) is 6.92 Å². The summed E-state index contributed by atoms with van der Waals surface area (Å²) in [6.07, 6.45) is -3.82. The minimum absolute atomic E-state index is 0.0643. The van der Waals surface area contributed by atoms with Gasteiger partial charge in [0.15, 0.2) is 0 Å². The predicted molar refractivity (Wildman–Crippen MR) is 67.9 cm³/mol. The van der Waals surface area contributed by atoms with Crippen molar-refractivity contribution in [2.45, 2.75) is 19.5 Å². The number of hydrogen-bond donors (Lipinski definition) is 2. The molecule has 0 saturated carbocycles. The Kier molecular flexibility index (Phi) is 5.53. The van der Waals surface area contributed by atoms with Crippen LogP contribution in [0.3, 0.4) is 0 Å². The molecule has 0 aliphatic carbocycles. The topological polar surface area (TPSA) is 64.9 Å². The first-order chi connectivity index (χ1) is 9.38. The Labute approximate surface area is 114 Å². The fraction of sp³-hybridized carbons (Fsp3) is 0.385. The average Bonchev–Trinajstić information content (AvgIpc) is 2.38. The first-order valence-corrected chi connectivity index (χ1v) is 6.00. The molecule has 0 bridgehead atoms. The van der Waals surface area contributed by atoms with Crippen molar-refractivity contribution in [1.82, 2.24) is 5.32 Å². The molecule has 0 aromatic heterocycles. The molecule has 0 radical (unpaired) electrons. The summed E-state index contributed by atoms with van der Waals surface area (Å²) < 4.78 is 38.5. The van der Waals surface area contributed by atoms with Gasteiger partial charge in [-0.2, -0.15) is 18.4 Å². The van der Waals surface area contributed by atoms with Crippen LogP contribution >= 0.6 is 0 Å². The maximum Gasteiger partial charge on any atom is 0.418 e. The summed E-state index contributed by atoms with van der Waals surface area (Å²) >= 11 is 0. The van der Waals surface area contributed by atoms with Gasteiger partial charge < -0.3 is 10.6 Å². The van der Waals surface area contributed by atoms with E-state index >= 15 is 0 Å². The maximum absolute atomic E-state index is 12.8. The summed E-state index contributed by atoms with van der Waals surface area (Å²) in [5.41, 5.74) is -1.49. The highest BCUT2D eigenvalue weighted by Crippen LogP contribution is 2.35. The summed E-state index contributed by atoms with van der Waals surface area (Å²) in [7, 11) is 0. The van der Waals surface area contributed by atoms with E-state index < -0.39 is 17.6 Å². The average molecular weight is 285 g/mol. The van der Waals surface area contributed by atoms with Crippen LogP contribution in [0, 0.1) is 11.3 Å². The zero-order valence-electron chi connectivity index (χ0n) is 10.8. The van der Waals surface area contributed by atoms with Crippen molar-refractivity contribution in [3.63, 3.8) is 0 Å². The fourth-order valence-corrected chi connectivity index (χ4v) is 1.53. The zero-order chi connectivity index (χ0) is 15.2. The number of nitrogens with one attached hydrogen (secondary N) is 2. The lowest BCUT2D eigenvalue weighted by Gasteiger charge is -2.14. The summed E-state index contributed by atoms with van der Waals surface area (Å²) in [5.74, 6) is -0.561. The van der Waals surface area contributed by atoms with Gasteiger partial charge in [-0.05, 0) is 31.2 Å². The second-order valence-electron chi connectivity index (χ2n) is 4.09. The number of carbonyl (C=O) groups is 1. The number of carbonyl (C=O) groups excluding carboxylic acids is 1. The number of anilines is 1. The van der Waals surface area contributed by atoms with Gasteiger partial charge in [-0.15, -0.1) is 0 Å². The van der Waals surface area contributed by atoms with E-state index in [1.54, 1.807) is 6.07 Å². The molecule has 0 fully saturated rings. The van der Waals surface area contributed by atoms with Crippen LogP contribution < -0.4 is 10.6 Å². The Morgan fingerprint density at radius 3 is 2.65 bits per heavy atom.